The number of hydrogen-bond donors (Lipinski definition) is 5. The topological polar surface area (TPSA) is 304 Å². The van der Waals surface area contributed by atoms with Crippen LogP contribution in [0.25, 0.3) is 21.8 Å². The van der Waals surface area contributed by atoms with Crippen molar-refractivity contribution in [1.82, 2.24) is 14.9 Å². The fourth-order valence-corrected chi connectivity index (χ4v) is 10.4. The number of unbranched alkanes of at least 4 members (excludes halogenated alkanes) is 2. The third kappa shape index (κ3) is 18.0. The Morgan fingerprint density at radius 3 is 1.84 bits per heavy atom. The second-order valence-electron chi connectivity index (χ2n) is 17.3. The lowest BCUT2D eigenvalue weighted by molar-refractivity contribution is -0.645. The molecule has 1 heterocycles. The van der Waals surface area contributed by atoms with Gasteiger partial charge in [0.1, 0.15) is 5.75 Å². The Labute approximate surface area is 436 Å². The number of ether oxygens (including phenoxy) is 1. The summed E-state index contributed by atoms with van der Waals surface area (Å²) in [7, 11) is -13.5. The summed E-state index contributed by atoms with van der Waals surface area (Å²) in [6.45, 7) is 0.339. The molecule has 0 saturated carbocycles. The van der Waals surface area contributed by atoms with Gasteiger partial charge in [0.15, 0.2) is 18.2 Å². The van der Waals surface area contributed by atoms with E-state index < -0.39 is 78.2 Å². The van der Waals surface area contributed by atoms with Crippen molar-refractivity contribution in [1.29, 1.82) is 5.26 Å². The number of amides is 4. The van der Waals surface area contributed by atoms with Crippen LogP contribution in [0.15, 0.2) is 102 Å². The molecule has 5 aromatic rings. The Morgan fingerprint density at radius 2 is 1.27 bits per heavy atom. The summed E-state index contributed by atoms with van der Waals surface area (Å²) < 4.78 is 102. The van der Waals surface area contributed by atoms with Gasteiger partial charge in [-0.25, -0.2) is 12.7 Å². The van der Waals surface area contributed by atoms with Crippen LogP contribution in [0.1, 0.15) is 80.1 Å². The van der Waals surface area contributed by atoms with E-state index in [0.29, 0.717) is 75.4 Å². The molecule has 5 rings (SSSR count). The minimum atomic E-state index is -4.66. The van der Waals surface area contributed by atoms with E-state index in [1.807, 2.05) is 0 Å². The number of para-hydroxylation sites is 2. The molecule has 75 heavy (non-hydrogen) atoms. The molecule has 0 radical (unpaired) electrons. The number of Topliss-reactive ketones (excluding diaryl/α,β-unsaturated/α-hetero) is 1. The first-order chi connectivity index (χ1) is 35.7. The minimum Gasteiger partial charge on any atom is -0.494 e. The van der Waals surface area contributed by atoms with Gasteiger partial charge in [0.25, 0.3) is 36.2 Å². The molecule has 0 fully saturated rings. The number of nitrogens with one attached hydrogen (secondary N) is 3. The summed E-state index contributed by atoms with van der Waals surface area (Å²) in [5.74, 6) is -2.60. The van der Waals surface area contributed by atoms with E-state index in [4.69, 9.17) is 11.2 Å². The van der Waals surface area contributed by atoms with Crippen LogP contribution in [0.2, 0.25) is 0 Å². The van der Waals surface area contributed by atoms with E-state index in [1.165, 1.54) is 12.1 Å². The SMILES string of the molecule is C#CCCC(=O)C(C#N)C(=O)Nc1ccc(OCCCCCC(=O)NCCNC(=O)CCCc2ccc(S(=O)(=O)N(CCCS(=O)(=O)O)C(=O)c3c4ccccc4[n+](CCCS(=O)(=O)O)c4ccccc34)cc2)cc1. The van der Waals surface area contributed by atoms with Gasteiger partial charge in [0, 0.05) is 69.6 Å². The highest BCUT2D eigenvalue weighted by Crippen LogP contribution is 2.29. The van der Waals surface area contributed by atoms with Crippen LogP contribution in [0.5, 0.6) is 5.75 Å². The Morgan fingerprint density at radius 1 is 0.693 bits per heavy atom. The maximum Gasteiger partial charge on any atom is 0.269 e. The molecule has 20 nitrogen and oxygen atoms in total. The third-order valence-corrected chi connectivity index (χ3v) is 15.1. The van der Waals surface area contributed by atoms with Gasteiger partial charge in [0.2, 0.25) is 28.8 Å². The standard InChI is InChI=1S/C52H58N6O14S3/c1-2-3-19-47(59)44(37-53)51(62)56-39-24-26-40(27-25-39)72-34-10-4-5-20-48(60)54-30-31-55-49(61)21-11-14-38-22-28-41(29-23-38)75(70,71)58(33-13-36-74(67,68)69)52(63)50-42-15-6-8-17-45(42)57(32-12-35-73(64,65)66)46-18-9-7-16-43(46)50/h1,6-9,15-18,22-29,44H,3-5,10-14,19-21,30-36H2,(H4-,54,55,56,60,61,62,64,65,66,67,68,69)/p+1. The number of anilines is 1. The molecule has 0 spiro atoms. The van der Waals surface area contributed by atoms with Gasteiger partial charge in [-0.1, -0.05) is 36.4 Å². The van der Waals surface area contributed by atoms with Crippen molar-refractivity contribution < 1.29 is 67.6 Å². The van der Waals surface area contributed by atoms with Crippen molar-refractivity contribution in [2.45, 2.75) is 82.1 Å². The molecule has 1 aromatic heterocycles. The van der Waals surface area contributed by atoms with Crippen LogP contribution in [0.4, 0.5) is 5.69 Å². The molecule has 4 amide bonds. The van der Waals surface area contributed by atoms with Crippen LogP contribution in [-0.4, -0.2) is 106 Å². The summed E-state index contributed by atoms with van der Waals surface area (Å²) in [6, 6.07) is 27.2. The third-order valence-electron chi connectivity index (χ3n) is 11.7. The first-order valence-corrected chi connectivity index (χ1v) is 28.7. The maximum absolute atomic E-state index is 14.7. The second kappa shape index (κ2) is 27.9. The number of benzene rings is 4. The lowest BCUT2D eigenvalue weighted by atomic mass is 10.0. The second-order valence-corrected chi connectivity index (χ2v) is 22.3. The number of fused-ring (bicyclic) bond motifs is 2. The number of carbonyl (C=O) groups is 5. The van der Waals surface area contributed by atoms with Crippen molar-refractivity contribution in [3.8, 4) is 24.2 Å². The van der Waals surface area contributed by atoms with Crippen LogP contribution in [-0.2, 0) is 62.4 Å². The first kappa shape index (κ1) is 58.6. The zero-order valence-electron chi connectivity index (χ0n) is 41.0. The van der Waals surface area contributed by atoms with Gasteiger partial charge in [-0.05, 0) is 92.6 Å². The molecule has 0 bridgehead atoms. The highest BCUT2D eigenvalue weighted by atomic mass is 32.2. The molecule has 1 atom stereocenters. The number of ketones is 1. The summed E-state index contributed by atoms with van der Waals surface area (Å²) >= 11 is 0. The molecule has 1 unspecified atom stereocenters. The average molecular weight is 1090 g/mol. The maximum atomic E-state index is 14.7. The van der Waals surface area contributed by atoms with Crippen molar-refractivity contribution >= 4 is 87.2 Å². The fourth-order valence-electron chi connectivity index (χ4n) is 8.05. The van der Waals surface area contributed by atoms with Gasteiger partial charge in [0.05, 0.1) is 45.4 Å². The molecule has 398 valence electrons. The number of pyridine rings is 1. The van der Waals surface area contributed by atoms with E-state index in [1.54, 1.807) is 95.6 Å². The molecule has 0 aliphatic heterocycles. The van der Waals surface area contributed by atoms with Crippen LogP contribution >= 0.6 is 0 Å². The molecule has 5 N–H and O–H groups in total. The molecular weight excluding hydrogens is 1030 g/mol. The quantitative estimate of drug-likeness (QED) is 0.0102. The number of aromatic nitrogens is 1. The predicted molar refractivity (Wildman–Crippen MR) is 279 cm³/mol. The summed E-state index contributed by atoms with van der Waals surface area (Å²) in [5, 5.41) is 18.0. The summed E-state index contributed by atoms with van der Waals surface area (Å²) in [5.41, 5.74) is 2.01. The monoisotopic (exact) mass is 1090 g/mol. The van der Waals surface area contributed by atoms with E-state index >= 15 is 0 Å². The van der Waals surface area contributed by atoms with Gasteiger partial charge >= 0.3 is 0 Å². The Bertz CT molecular complexity index is 3230. The summed E-state index contributed by atoms with van der Waals surface area (Å²) in [4.78, 5) is 63.8. The molecule has 0 aliphatic carbocycles. The molecule has 4 aromatic carbocycles. The number of aryl methyl sites for hydroxylation is 2. The zero-order valence-corrected chi connectivity index (χ0v) is 43.4. The first-order valence-electron chi connectivity index (χ1n) is 24.0. The smallest absolute Gasteiger partial charge is 0.269 e. The fraction of sp³-hybridized carbons (Fsp3) is 0.365. The minimum absolute atomic E-state index is 0.00806. The van der Waals surface area contributed by atoms with Crippen molar-refractivity contribution in [2.75, 3.05) is 43.1 Å². The predicted octanol–water partition coefficient (Wildman–Crippen LogP) is 4.92. The number of carbonyl (C=O) groups excluding carboxylic acids is 5. The normalized spacial score (nSPS) is 12.0. The highest BCUT2D eigenvalue weighted by Gasteiger charge is 2.35. The van der Waals surface area contributed by atoms with E-state index in [0.717, 1.165) is 6.42 Å². The zero-order chi connectivity index (χ0) is 54.6. The van der Waals surface area contributed by atoms with Gasteiger partial charge in [-0.2, -0.15) is 26.7 Å². The van der Waals surface area contributed by atoms with Crippen molar-refractivity contribution in [3.63, 3.8) is 0 Å². The van der Waals surface area contributed by atoms with E-state index in [9.17, 15) is 63.6 Å². The number of rotatable bonds is 30. The number of nitriles is 1. The molecule has 0 saturated heterocycles. The Balaban J connectivity index is 1.06. The van der Waals surface area contributed by atoms with Gasteiger partial charge < -0.3 is 20.7 Å². The molecule has 0 aliphatic rings. The molecule has 23 heteroatoms. The number of hydrogen-bond acceptors (Lipinski definition) is 13. The van der Waals surface area contributed by atoms with Gasteiger partial charge in [-0.15, -0.1) is 12.3 Å². The number of terminal acetylenes is 1. The van der Waals surface area contributed by atoms with E-state index in [2.05, 4.69) is 21.9 Å². The number of nitrogens with zero attached hydrogens (tertiary/aromatic N) is 3. The van der Waals surface area contributed by atoms with Crippen molar-refractivity contribution in [2.24, 2.45) is 5.92 Å². The lowest BCUT2D eigenvalue weighted by Gasteiger charge is -2.24. The lowest BCUT2D eigenvalue weighted by Crippen LogP contribution is -2.41. The average Bonchev–Trinajstić information content (AvgIpc) is 3.36. The Hall–Kier alpha value is -7.28. The largest absolute Gasteiger partial charge is 0.494 e. The Kier molecular flexibility index (Phi) is 21.8. The number of sulfonamides is 1. The highest BCUT2D eigenvalue weighted by molar-refractivity contribution is 7.89. The summed E-state index contributed by atoms with van der Waals surface area (Å²) in [6.07, 6.45) is 8.08. The molecular formula is C52H59N6O14S3+. The van der Waals surface area contributed by atoms with E-state index in [-0.39, 0.29) is 74.0 Å². The van der Waals surface area contributed by atoms with Crippen LogP contribution in [0, 0.1) is 29.6 Å². The van der Waals surface area contributed by atoms with Crippen molar-refractivity contribution in [3.05, 3.63) is 108 Å². The van der Waals surface area contributed by atoms with Gasteiger partial charge in [-0.3, -0.25) is 33.1 Å². The van der Waals surface area contributed by atoms with Crippen LogP contribution in [0.3, 0.4) is 0 Å². The van der Waals surface area contributed by atoms with Crippen LogP contribution < -0.4 is 25.3 Å².